The Morgan fingerprint density at radius 2 is 1.81 bits per heavy atom. The Kier molecular flexibility index (Phi) is 4.77. The highest BCUT2D eigenvalue weighted by Gasteiger charge is 2.14. The highest BCUT2D eigenvalue weighted by atomic mass is 35.5. The summed E-state index contributed by atoms with van der Waals surface area (Å²) in [6, 6.07) is 13.0. The molecule has 0 spiro atoms. The van der Waals surface area contributed by atoms with E-state index in [4.69, 9.17) is 16.3 Å². The average Bonchev–Trinajstić information content (AvgIpc) is 3.08. The fraction of sp³-hybridized carbons (Fsp3) is 0.0952. The molecule has 0 aliphatic carbocycles. The zero-order chi connectivity index (χ0) is 18.8. The Labute approximate surface area is 159 Å². The van der Waals surface area contributed by atoms with Crippen molar-refractivity contribution in [2.24, 2.45) is 0 Å². The van der Waals surface area contributed by atoms with Crippen LogP contribution in [0.3, 0.4) is 0 Å². The van der Waals surface area contributed by atoms with E-state index in [0.29, 0.717) is 5.02 Å². The van der Waals surface area contributed by atoms with Gasteiger partial charge in [-0.15, -0.1) is 0 Å². The van der Waals surface area contributed by atoms with Crippen LogP contribution in [-0.4, -0.2) is 9.97 Å². The van der Waals surface area contributed by atoms with E-state index >= 15 is 0 Å². The maximum absolute atomic E-state index is 14.5. The molecule has 4 aromatic rings. The molecule has 0 aliphatic rings. The lowest BCUT2D eigenvalue weighted by atomic mass is 10.0. The van der Waals surface area contributed by atoms with Crippen LogP contribution in [0.1, 0.15) is 16.7 Å². The first-order valence-electron chi connectivity index (χ1n) is 8.36. The number of aromatic amines is 1. The van der Waals surface area contributed by atoms with Crippen molar-refractivity contribution in [1.29, 1.82) is 0 Å². The second kappa shape index (κ2) is 7.37. The summed E-state index contributed by atoms with van der Waals surface area (Å²) in [5, 5.41) is 1.49. The summed E-state index contributed by atoms with van der Waals surface area (Å²) in [6.45, 7) is 0.126. The summed E-state index contributed by atoms with van der Waals surface area (Å²) in [5.41, 5.74) is 2.65. The lowest BCUT2D eigenvalue weighted by Crippen LogP contribution is -2.01. The van der Waals surface area contributed by atoms with E-state index in [9.17, 15) is 8.78 Å². The largest absolute Gasteiger partial charge is 0.486 e. The van der Waals surface area contributed by atoms with Crippen molar-refractivity contribution in [2.45, 2.75) is 13.0 Å². The number of ether oxygens (including phenoxy) is 1. The lowest BCUT2D eigenvalue weighted by Gasteiger charge is -2.10. The van der Waals surface area contributed by atoms with E-state index < -0.39 is 11.6 Å². The molecule has 0 atom stereocenters. The van der Waals surface area contributed by atoms with Crippen LogP contribution in [0.15, 0.2) is 60.9 Å². The average molecular weight is 385 g/mol. The Morgan fingerprint density at radius 3 is 2.63 bits per heavy atom. The van der Waals surface area contributed by atoms with E-state index in [1.165, 1.54) is 6.07 Å². The highest BCUT2D eigenvalue weighted by molar-refractivity contribution is 6.30. The van der Waals surface area contributed by atoms with E-state index in [2.05, 4.69) is 9.97 Å². The molecule has 0 saturated carbocycles. The maximum atomic E-state index is 14.5. The third-order valence-corrected chi connectivity index (χ3v) is 4.58. The van der Waals surface area contributed by atoms with Crippen molar-refractivity contribution < 1.29 is 13.5 Å². The second-order valence-electron chi connectivity index (χ2n) is 6.18. The molecule has 0 radical (unpaired) electrons. The number of pyridine rings is 1. The number of aromatic nitrogens is 2. The number of H-pyrrole nitrogens is 1. The fourth-order valence-electron chi connectivity index (χ4n) is 2.92. The van der Waals surface area contributed by atoms with Gasteiger partial charge in [-0.3, -0.25) is 0 Å². The molecule has 3 nitrogen and oxygen atoms in total. The molecule has 0 unspecified atom stereocenters. The van der Waals surface area contributed by atoms with Gasteiger partial charge in [0.2, 0.25) is 0 Å². The van der Waals surface area contributed by atoms with E-state index in [1.807, 2.05) is 12.1 Å². The minimum Gasteiger partial charge on any atom is -0.486 e. The van der Waals surface area contributed by atoms with Crippen LogP contribution in [0.4, 0.5) is 8.78 Å². The molecule has 27 heavy (non-hydrogen) atoms. The predicted molar refractivity (Wildman–Crippen MR) is 101 cm³/mol. The van der Waals surface area contributed by atoms with Gasteiger partial charge in [-0.05, 0) is 47.0 Å². The third-order valence-electron chi connectivity index (χ3n) is 4.33. The number of nitrogens with zero attached hydrogens (tertiary/aromatic N) is 1. The number of halogens is 3. The lowest BCUT2D eigenvalue weighted by molar-refractivity contribution is 0.288. The van der Waals surface area contributed by atoms with Crippen LogP contribution in [0.25, 0.3) is 11.0 Å². The number of hydrogen-bond acceptors (Lipinski definition) is 2. The van der Waals surface area contributed by atoms with Crippen LogP contribution in [0, 0.1) is 11.6 Å². The van der Waals surface area contributed by atoms with Crippen molar-refractivity contribution in [3.8, 4) is 5.75 Å². The van der Waals surface area contributed by atoms with Crippen molar-refractivity contribution in [2.75, 3.05) is 0 Å². The zero-order valence-electron chi connectivity index (χ0n) is 14.2. The molecule has 0 amide bonds. The molecule has 0 fully saturated rings. The number of benzene rings is 2. The Bertz CT molecular complexity index is 1090. The normalized spacial score (nSPS) is 11.1. The Hall–Kier alpha value is -2.92. The molecule has 0 saturated heterocycles. The predicted octanol–water partition coefficient (Wildman–Crippen LogP) is 5.66. The topological polar surface area (TPSA) is 37.9 Å². The van der Waals surface area contributed by atoms with Gasteiger partial charge in [-0.2, -0.15) is 0 Å². The van der Waals surface area contributed by atoms with E-state index in [0.717, 1.165) is 28.2 Å². The first-order valence-corrected chi connectivity index (χ1v) is 8.74. The highest BCUT2D eigenvalue weighted by Crippen LogP contribution is 2.26. The van der Waals surface area contributed by atoms with Gasteiger partial charge in [0, 0.05) is 35.3 Å². The molecule has 1 N–H and O–H groups in total. The monoisotopic (exact) mass is 384 g/mol. The quantitative estimate of drug-likeness (QED) is 0.481. The van der Waals surface area contributed by atoms with Gasteiger partial charge < -0.3 is 9.72 Å². The van der Waals surface area contributed by atoms with Gasteiger partial charge in [-0.1, -0.05) is 23.7 Å². The molecule has 2 aromatic carbocycles. The molecular formula is C21H15ClF2N2O. The fourth-order valence-corrected chi connectivity index (χ4v) is 3.05. The van der Waals surface area contributed by atoms with E-state index in [-0.39, 0.29) is 24.3 Å². The Balaban J connectivity index is 1.53. The second-order valence-corrected chi connectivity index (χ2v) is 6.62. The minimum atomic E-state index is -0.599. The molecule has 2 heterocycles. The van der Waals surface area contributed by atoms with Gasteiger partial charge in [0.15, 0.2) is 11.6 Å². The van der Waals surface area contributed by atoms with E-state index in [1.54, 1.807) is 36.7 Å². The van der Waals surface area contributed by atoms with Gasteiger partial charge in [0.25, 0.3) is 0 Å². The number of nitrogens with one attached hydrogen (secondary N) is 1. The Morgan fingerprint density at radius 1 is 1.00 bits per heavy atom. The molecular weight excluding hydrogens is 370 g/mol. The molecule has 136 valence electrons. The summed E-state index contributed by atoms with van der Waals surface area (Å²) in [5.74, 6) is -1.23. The van der Waals surface area contributed by atoms with Crippen LogP contribution in [0.5, 0.6) is 5.75 Å². The smallest absolute Gasteiger partial charge is 0.165 e. The standard InChI is InChI=1S/C21H15ClF2N2O/c22-16-5-3-13(4-6-16)12-27-20-10-18(23)14(9-19(20)24)8-15-11-26-21-17(15)2-1-7-25-21/h1-7,9-11H,8,12H2,(H,25,26). The van der Waals surface area contributed by atoms with Crippen LogP contribution in [0.2, 0.25) is 5.02 Å². The van der Waals surface area contributed by atoms with Crippen LogP contribution in [-0.2, 0) is 13.0 Å². The number of fused-ring (bicyclic) bond motifs is 1. The summed E-state index contributed by atoms with van der Waals surface area (Å²) in [4.78, 5) is 7.24. The maximum Gasteiger partial charge on any atom is 0.165 e. The summed E-state index contributed by atoms with van der Waals surface area (Å²) in [6.07, 6.45) is 3.70. The van der Waals surface area contributed by atoms with Crippen LogP contribution < -0.4 is 4.74 Å². The first kappa shape index (κ1) is 17.5. The number of rotatable bonds is 5. The number of hydrogen-bond donors (Lipinski definition) is 1. The third kappa shape index (κ3) is 3.78. The molecule has 0 bridgehead atoms. The minimum absolute atomic E-state index is 0.119. The SMILES string of the molecule is Fc1cc(OCc2ccc(Cl)cc2)c(F)cc1Cc1c[nH]c2ncccc12. The zero-order valence-corrected chi connectivity index (χ0v) is 14.9. The molecule has 2 aromatic heterocycles. The van der Waals surface area contributed by atoms with Crippen molar-refractivity contribution in [3.05, 3.63) is 94.3 Å². The first-order chi connectivity index (χ1) is 13.1. The van der Waals surface area contributed by atoms with Crippen molar-refractivity contribution >= 4 is 22.6 Å². The molecule has 0 aliphatic heterocycles. The van der Waals surface area contributed by atoms with Gasteiger partial charge in [0.05, 0.1) is 0 Å². The van der Waals surface area contributed by atoms with Crippen molar-refractivity contribution in [3.63, 3.8) is 0 Å². The van der Waals surface area contributed by atoms with Crippen molar-refractivity contribution in [1.82, 2.24) is 9.97 Å². The van der Waals surface area contributed by atoms with Gasteiger partial charge in [-0.25, -0.2) is 13.8 Å². The summed E-state index contributed by atoms with van der Waals surface area (Å²) in [7, 11) is 0. The van der Waals surface area contributed by atoms with Crippen LogP contribution >= 0.6 is 11.6 Å². The molecule has 4 rings (SSSR count). The summed E-state index contributed by atoms with van der Waals surface area (Å²) < 4.78 is 34.3. The molecule has 6 heteroatoms. The van der Waals surface area contributed by atoms with Gasteiger partial charge in [0.1, 0.15) is 18.1 Å². The summed E-state index contributed by atoms with van der Waals surface area (Å²) >= 11 is 5.83. The van der Waals surface area contributed by atoms with Gasteiger partial charge >= 0.3 is 0 Å².